The zero-order valence-electron chi connectivity index (χ0n) is 16.4. The molecule has 152 valence electrons. The third kappa shape index (κ3) is 13.5. The molecule has 0 aliphatic heterocycles. The van der Waals surface area contributed by atoms with E-state index in [2.05, 4.69) is 19.2 Å². The smallest absolute Gasteiger partial charge is 0.303 e. The van der Waals surface area contributed by atoms with Crippen molar-refractivity contribution in [1.29, 1.82) is 0 Å². The summed E-state index contributed by atoms with van der Waals surface area (Å²) in [5, 5.41) is 19.7. The monoisotopic (exact) mass is 380 g/mol. The first-order valence-electron chi connectivity index (χ1n) is 9.13. The zero-order chi connectivity index (χ0) is 20.8. The molecule has 1 aromatic carbocycles. The van der Waals surface area contributed by atoms with Crippen molar-refractivity contribution in [3.8, 4) is 0 Å². The normalized spacial score (nSPS) is 12.5. The van der Waals surface area contributed by atoms with Gasteiger partial charge in [-0.05, 0) is 37.3 Å². The summed E-state index contributed by atoms with van der Waals surface area (Å²) < 4.78 is 0. The number of nitrogens with one attached hydrogen (secondary N) is 1. The van der Waals surface area contributed by atoms with Gasteiger partial charge in [0, 0.05) is 12.8 Å². The van der Waals surface area contributed by atoms with Crippen molar-refractivity contribution in [2.75, 3.05) is 6.54 Å². The Morgan fingerprint density at radius 1 is 1.00 bits per heavy atom. The van der Waals surface area contributed by atoms with Crippen molar-refractivity contribution in [3.05, 3.63) is 35.9 Å². The van der Waals surface area contributed by atoms with Crippen LogP contribution in [0, 0.1) is 11.8 Å². The number of carbonyl (C=O) groups excluding carboxylic acids is 1. The molecule has 27 heavy (non-hydrogen) atoms. The Kier molecular flexibility index (Phi) is 12.5. The van der Waals surface area contributed by atoms with Gasteiger partial charge in [-0.25, -0.2) is 0 Å². The maximum atomic E-state index is 11.4. The molecule has 1 aromatic rings. The number of amides is 1. The van der Waals surface area contributed by atoms with Crippen LogP contribution in [-0.2, 0) is 14.4 Å². The number of rotatable bonds is 10. The van der Waals surface area contributed by atoms with E-state index in [4.69, 9.17) is 15.9 Å². The molecule has 1 unspecified atom stereocenters. The van der Waals surface area contributed by atoms with E-state index in [0.717, 1.165) is 12.0 Å². The quantitative estimate of drug-likeness (QED) is 0.494. The molecule has 0 aliphatic rings. The molecule has 0 bridgehead atoms. The molecule has 0 fully saturated rings. The molecule has 7 heteroatoms. The lowest BCUT2D eigenvalue weighted by Crippen LogP contribution is -2.26. The number of carboxylic acids is 2. The van der Waals surface area contributed by atoms with E-state index in [-0.39, 0.29) is 37.1 Å². The summed E-state index contributed by atoms with van der Waals surface area (Å²) in [4.78, 5) is 31.9. The number of carboxylic acid groups (broad SMARTS) is 2. The second kappa shape index (κ2) is 13.7. The fourth-order valence-electron chi connectivity index (χ4n) is 2.54. The molecule has 0 saturated heterocycles. The van der Waals surface area contributed by atoms with E-state index in [1.54, 1.807) is 0 Å². The first kappa shape index (κ1) is 24.6. The minimum atomic E-state index is -0.956. The summed E-state index contributed by atoms with van der Waals surface area (Å²) in [6.07, 6.45) is 0.997. The van der Waals surface area contributed by atoms with Gasteiger partial charge >= 0.3 is 11.9 Å². The predicted molar refractivity (Wildman–Crippen MR) is 104 cm³/mol. The highest BCUT2D eigenvalue weighted by molar-refractivity contribution is 5.80. The van der Waals surface area contributed by atoms with E-state index in [1.165, 1.54) is 0 Å². The van der Waals surface area contributed by atoms with E-state index < -0.39 is 11.9 Å². The Morgan fingerprint density at radius 2 is 1.59 bits per heavy atom. The molecular formula is C20H32N2O5. The Morgan fingerprint density at radius 3 is 2.04 bits per heavy atom. The van der Waals surface area contributed by atoms with Gasteiger partial charge in [-0.15, -0.1) is 0 Å². The third-order valence-electron chi connectivity index (χ3n) is 3.84. The molecule has 0 saturated carbocycles. The summed E-state index contributed by atoms with van der Waals surface area (Å²) >= 11 is 0. The van der Waals surface area contributed by atoms with Crippen molar-refractivity contribution in [2.24, 2.45) is 17.6 Å². The van der Waals surface area contributed by atoms with Gasteiger partial charge < -0.3 is 21.3 Å². The van der Waals surface area contributed by atoms with Crippen LogP contribution in [0.5, 0.6) is 0 Å². The van der Waals surface area contributed by atoms with Crippen molar-refractivity contribution >= 4 is 17.8 Å². The highest BCUT2D eigenvalue weighted by atomic mass is 16.4. The van der Waals surface area contributed by atoms with Gasteiger partial charge in [0.15, 0.2) is 0 Å². The lowest BCUT2D eigenvalue weighted by Gasteiger charge is -2.13. The molecule has 0 aromatic heterocycles. The summed E-state index contributed by atoms with van der Waals surface area (Å²) in [5.74, 6) is -1.27. The third-order valence-corrected chi connectivity index (χ3v) is 3.84. The molecular weight excluding hydrogens is 348 g/mol. The van der Waals surface area contributed by atoms with Gasteiger partial charge in [0.2, 0.25) is 5.91 Å². The second-order valence-electron chi connectivity index (χ2n) is 6.92. The Labute approximate surface area is 161 Å². The molecule has 5 N–H and O–H groups in total. The Bertz CT molecular complexity index is 575. The standard InChI is InChI=1S/C12H15NO3.C8H17NO2/c1-9(10-5-3-2-4-6-10)13-11(14)7-8-12(15)16;1-6(2)3-7(5-9)4-8(10)11/h2-6,9H,7-8H2,1H3,(H,13,14)(H,15,16);6-7H,3-5,9H2,1-2H3,(H,10,11)/t;7-/m.0/s1. The fourth-order valence-corrected chi connectivity index (χ4v) is 2.54. The lowest BCUT2D eigenvalue weighted by atomic mass is 9.94. The van der Waals surface area contributed by atoms with Gasteiger partial charge in [-0.3, -0.25) is 14.4 Å². The van der Waals surface area contributed by atoms with Crippen LogP contribution >= 0.6 is 0 Å². The summed E-state index contributed by atoms with van der Waals surface area (Å²) in [6, 6.07) is 9.44. The average molecular weight is 380 g/mol. The van der Waals surface area contributed by atoms with Crippen LogP contribution in [0.4, 0.5) is 0 Å². The molecule has 0 radical (unpaired) electrons. The highest BCUT2D eigenvalue weighted by Gasteiger charge is 2.12. The average Bonchev–Trinajstić information content (AvgIpc) is 2.59. The number of hydrogen-bond donors (Lipinski definition) is 4. The SMILES string of the molecule is CC(C)C[C@H](CN)CC(=O)O.CC(NC(=O)CCC(=O)O)c1ccccc1. The number of nitrogens with two attached hydrogens (primary N) is 1. The van der Waals surface area contributed by atoms with Crippen LogP contribution in [0.1, 0.15) is 58.1 Å². The van der Waals surface area contributed by atoms with Gasteiger partial charge in [0.1, 0.15) is 0 Å². The van der Waals surface area contributed by atoms with Gasteiger partial charge in [-0.1, -0.05) is 44.2 Å². The Hall–Kier alpha value is -2.41. The van der Waals surface area contributed by atoms with Crippen LogP contribution in [-0.4, -0.2) is 34.6 Å². The van der Waals surface area contributed by atoms with Crippen LogP contribution in [0.2, 0.25) is 0 Å². The van der Waals surface area contributed by atoms with Crippen molar-refractivity contribution in [3.63, 3.8) is 0 Å². The number of benzene rings is 1. The molecule has 2 atom stereocenters. The molecule has 1 amide bonds. The first-order valence-corrected chi connectivity index (χ1v) is 9.13. The largest absolute Gasteiger partial charge is 0.481 e. The van der Waals surface area contributed by atoms with Gasteiger partial charge in [0.25, 0.3) is 0 Å². The summed E-state index contributed by atoms with van der Waals surface area (Å²) in [6.45, 7) is 6.49. The first-order chi connectivity index (χ1) is 12.6. The van der Waals surface area contributed by atoms with Crippen LogP contribution in [0.25, 0.3) is 0 Å². The fraction of sp³-hybridized carbons (Fsp3) is 0.550. The predicted octanol–water partition coefficient (Wildman–Crippen LogP) is 2.81. The summed E-state index contributed by atoms with van der Waals surface area (Å²) in [7, 11) is 0. The minimum Gasteiger partial charge on any atom is -0.481 e. The molecule has 0 aliphatic carbocycles. The Balaban J connectivity index is 0.000000541. The van der Waals surface area contributed by atoms with E-state index in [1.807, 2.05) is 37.3 Å². The molecule has 7 nitrogen and oxygen atoms in total. The zero-order valence-corrected chi connectivity index (χ0v) is 16.4. The highest BCUT2D eigenvalue weighted by Crippen LogP contribution is 2.13. The summed E-state index contributed by atoms with van der Waals surface area (Å²) in [5.41, 5.74) is 6.41. The van der Waals surface area contributed by atoms with Crippen molar-refractivity contribution < 1.29 is 24.6 Å². The van der Waals surface area contributed by atoms with Crippen molar-refractivity contribution in [1.82, 2.24) is 5.32 Å². The maximum Gasteiger partial charge on any atom is 0.303 e. The van der Waals surface area contributed by atoms with Crippen LogP contribution in [0.3, 0.4) is 0 Å². The number of aliphatic carboxylic acids is 2. The second-order valence-corrected chi connectivity index (χ2v) is 6.92. The number of hydrogen-bond acceptors (Lipinski definition) is 4. The topological polar surface area (TPSA) is 130 Å². The maximum absolute atomic E-state index is 11.4. The van der Waals surface area contributed by atoms with E-state index >= 15 is 0 Å². The van der Waals surface area contributed by atoms with E-state index in [0.29, 0.717) is 12.5 Å². The molecule has 0 heterocycles. The van der Waals surface area contributed by atoms with E-state index in [9.17, 15) is 14.4 Å². The van der Waals surface area contributed by atoms with Crippen LogP contribution in [0.15, 0.2) is 30.3 Å². The number of carbonyl (C=O) groups is 3. The molecule has 1 rings (SSSR count). The van der Waals surface area contributed by atoms with Gasteiger partial charge in [0.05, 0.1) is 12.5 Å². The van der Waals surface area contributed by atoms with Crippen molar-refractivity contribution in [2.45, 2.75) is 52.5 Å². The minimum absolute atomic E-state index is 0.0203. The molecule has 0 spiro atoms. The lowest BCUT2D eigenvalue weighted by molar-refractivity contribution is -0.139. The van der Waals surface area contributed by atoms with Gasteiger partial charge in [-0.2, -0.15) is 0 Å². The van der Waals surface area contributed by atoms with Crippen LogP contribution < -0.4 is 11.1 Å².